The Labute approximate surface area is 205 Å². The van der Waals surface area contributed by atoms with Crippen molar-refractivity contribution in [1.29, 1.82) is 0 Å². The van der Waals surface area contributed by atoms with E-state index in [1.807, 2.05) is 20.8 Å². The first-order valence-corrected chi connectivity index (χ1v) is 14.2. The van der Waals surface area contributed by atoms with E-state index in [0.717, 1.165) is 32.1 Å². The minimum absolute atomic E-state index is 0.0258. The average molecular weight is 477 g/mol. The molecule has 2 aliphatic carbocycles. The normalized spacial score (nSPS) is 39.9. The van der Waals surface area contributed by atoms with Crippen LogP contribution >= 0.6 is 0 Å². The molecule has 7 nitrogen and oxygen atoms in total. The lowest BCUT2D eigenvalue weighted by Crippen LogP contribution is -2.98. The lowest BCUT2D eigenvalue weighted by molar-refractivity contribution is -0.713. The molecule has 9 atom stereocenters. The van der Waals surface area contributed by atoms with Crippen LogP contribution in [0, 0.1) is 23.7 Å². The second-order valence-electron chi connectivity index (χ2n) is 11.9. The van der Waals surface area contributed by atoms with Gasteiger partial charge in [0.05, 0.1) is 24.8 Å². The summed E-state index contributed by atoms with van der Waals surface area (Å²) in [6, 6.07) is 1.43. The first-order valence-electron chi connectivity index (χ1n) is 14.2. The molecular weight excluding hydrogens is 430 g/mol. The topological polar surface area (TPSA) is 84.5 Å². The Morgan fingerprint density at radius 3 is 2.74 bits per heavy atom. The predicted molar refractivity (Wildman–Crippen MR) is 129 cm³/mol. The molecule has 192 valence electrons. The lowest BCUT2D eigenvalue weighted by Gasteiger charge is -2.50. The molecule has 5 aliphatic rings. The van der Waals surface area contributed by atoms with Gasteiger partial charge in [-0.3, -0.25) is 9.59 Å². The molecule has 5 fully saturated rings. The maximum absolute atomic E-state index is 13.7. The van der Waals surface area contributed by atoms with Crippen molar-refractivity contribution in [2.75, 3.05) is 19.7 Å². The number of piperidine rings is 2. The van der Waals surface area contributed by atoms with Crippen LogP contribution in [0.15, 0.2) is 0 Å². The van der Waals surface area contributed by atoms with E-state index in [4.69, 9.17) is 9.47 Å². The highest BCUT2D eigenvalue weighted by Crippen LogP contribution is 2.52. The van der Waals surface area contributed by atoms with E-state index in [9.17, 15) is 9.59 Å². The Balaban J connectivity index is 1.18. The molecule has 2 amide bonds. The molecule has 3 N–H and O–H groups in total. The largest absolute Gasteiger partial charge is 0.379 e. The first-order chi connectivity index (χ1) is 16.5. The Morgan fingerprint density at radius 2 is 1.91 bits per heavy atom. The molecule has 0 aromatic rings. The van der Waals surface area contributed by atoms with Crippen molar-refractivity contribution in [3.63, 3.8) is 0 Å². The fraction of sp³-hybridized carbons (Fsp3) is 0.926. The van der Waals surface area contributed by atoms with Crippen molar-refractivity contribution in [1.82, 2.24) is 10.2 Å². The zero-order chi connectivity index (χ0) is 23.8. The molecule has 5 rings (SSSR count). The van der Waals surface area contributed by atoms with E-state index < -0.39 is 6.10 Å². The summed E-state index contributed by atoms with van der Waals surface area (Å²) in [5.74, 6) is 2.46. The number of nitrogens with two attached hydrogens (primary N) is 1. The van der Waals surface area contributed by atoms with E-state index >= 15 is 0 Å². The van der Waals surface area contributed by atoms with E-state index in [-0.39, 0.29) is 24.0 Å². The number of carbonyl (C=O) groups is 2. The highest BCUT2D eigenvalue weighted by atomic mass is 16.5. The van der Waals surface area contributed by atoms with Crippen LogP contribution in [0.4, 0.5) is 0 Å². The molecule has 34 heavy (non-hydrogen) atoms. The summed E-state index contributed by atoms with van der Waals surface area (Å²) in [5.41, 5.74) is 0. The number of carbonyl (C=O) groups excluding carboxylic acids is 2. The smallest absolute Gasteiger partial charge is 0.248 e. The quantitative estimate of drug-likeness (QED) is 0.524. The number of nitrogens with zero attached hydrogens (tertiary/aromatic N) is 1. The van der Waals surface area contributed by atoms with Crippen LogP contribution in [0.25, 0.3) is 0 Å². The minimum atomic E-state index is -0.437. The van der Waals surface area contributed by atoms with Crippen LogP contribution in [0.2, 0.25) is 0 Å². The number of quaternary nitrogens is 1. The van der Waals surface area contributed by atoms with Crippen LogP contribution in [0.5, 0.6) is 0 Å². The molecule has 9 unspecified atom stereocenters. The van der Waals surface area contributed by atoms with Gasteiger partial charge in [-0.05, 0) is 71.1 Å². The van der Waals surface area contributed by atoms with Gasteiger partial charge in [0.15, 0.2) is 0 Å². The van der Waals surface area contributed by atoms with E-state index in [1.54, 1.807) is 0 Å². The van der Waals surface area contributed by atoms with Crippen LogP contribution in [-0.2, 0) is 19.1 Å². The molecule has 0 bridgehead atoms. The van der Waals surface area contributed by atoms with Gasteiger partial charge < -0.3 is 25.0 Å². The predicted octanol–water partition coefficient (Wildman–Crippen LogP) is 1.84. The van der Waals surface area contributed by atoms with E-state index in [1.165, 1.54) is 32.2 Å². The van der Waals surface area contributed by atoms with Crippen LogP contribution in [0.3, 0.4) is 0 Å². The van der Waals surface area contributed by atoms with Crippen molar-refractivity contribution in [2.45, 2.75) is 115 Å². The minimum Gasteiger partial charge on any atom is -0.379 e. The van der Waals surface area contributed by atoms with Crippen molar-refractivity contribution in [2.24, 2.45) is 23.7 Å². The summed E-state index contributed by atoms with van der Waals surface area (Å²) in [5, 5.41) is 5.59. The highest BCUT2D eigenvalue weighted by Gasteiger charge is 2.63. The third-order valence-electron chi connectivity index (χ3n) is 9.54. The number of nitrogens with one attached hydrogen (secondary N) is 1. The number of hydrogen-bond donors (Lipinski definition) is 2. The van der Waals surface area contributed by atoms with Gasteiger partial charge in [0.2, 0.25) is 11.8 Å². The monoisotopic (exact) mass is 476 g/mol. The highest BCUT2D eigenvalue weighted by molar-refractivity contribution is 5.82. The summed E-state index contributed by atoms with van der Waals surface area (Å²) < 4.78 is 11.9. The molecule has 2 saturated carbocycles. The van der Waals surface area contributed by atoms with Gasteiger partial charge in [0.25, 0.3) is 0 Å². The maximum Gasteiger partial charge on any atom is 0.248 e. The molecule has 3 heterocycles. The Hall–Kier alpha value is -1.18. The van der Waals surface area contributed by atoms with Gasteiger partial charge in [-0.15, -0.1) is 0 Å². The number of rotatable bonds is 8. The number of ether oxygens (including phenoxy) is 2. The fourth-order valence-electron chi connectivity index (χ4n) is 8.19. The molecule has 0 aromatic carbocycles. The van der Waals surface area contributed by atoms with Crippen LogP contribution < -0.4 is 10.6 Å². The van der Waals surface area contributed by atoms with Gasteiger partial charge in [0.1, 0.15) is 12.1 Å². The van der Waals surface area contributed by atoms with Gasteiger partial charge in [0, 0.05) is 37.5 Å². The second kappa shape index (κ2) is 10.4. The van der Waals surface area contributed by atoms with Crippen LogP contribution in [-0.4, -0.2) is 72.8 Å². The molecule has 3 saturated heterocycles. The third-order valence-corrected chi connectivity index (χ3v) is 9.54. The molecule has 3 aliphatic heterocycles. The number of amides is 2. The van der Waals surface area contributed by atoms with Crippen molar-refractivity contribution >= 4 is 11.8 Å². The molecule has 0 spiro atoms. The SMILES string of the molecule is CC(C)OCCCNC(=O)C(C)OC1CCC2C(C1)C1CC[NH2+]C3C4CCCCC4C(=O)N2C13. The molecular formula is C27H46N3O4+. The number of hydrogen-bond acceptors (Lipinski definition) is 4. The van der Waals surface area contributed by atoms with Crippen molar-refractivity contribution in [3.05, 3.63) is 0 Å². The summed E-state index contributed by atoms with van der Waals surface area (Å²) in [7, 11) is 0. The lowest BCUT2D eigenvalue weighted by atomic mass is 9.66. The van der Waals surface area contributed by atoms with Gasteiger partial charge >= 0.3 is 0 Å². The zero-order valence-corrected chi connectivity index (χ0v) is 21.4. The van der Waals surface area contributed by atoms with Gasteiger partial charge in [-0.1, -0.05) is 12.8 Å². The molecule has 0 radical (unpaired) electrons. The summed E-state index contributed by atoms with van der Waals surface area (Å²) in [6.07, 6.45) is 9.76. The Kier molecular flexibility index (Phi) is 7.52. The zero-order valence-electron chi connectivity index (χ0n) is 21.4. The van der Waals surface area contributed by atoms with Crippen LogP contribution in [0.1, 0.15) is 78.6 Å². The van der Waals surface area contributed by atoms with Gasteiger partial charge in [-0.25, -0.2) is 0 Å². The average Bonchev–Trinajstić information content (AvgIpc) is 3.17. The Bertz CT molecular complexity index is 745. The fourth-order valence-corrected chi connectivity index (χ4v) is 8.19. The third kappa shape index (κ3) is 4.64. The first kappa shape index (κ1) is 24.5. The second-order valence-corrected chi connectivity index (χ2v) is 11.9. The maximum atomic E-state index is 13.7. The number of fused-ring (bicyclic) bond motifs is 5. The van der Waals surface area contributed by atoms with E-state index in [0.29, 0.717) is 54.9 Å². The standard InChI is InChI=1S/C27H45N3O4/c1-16(2)33-14-6-12-29-26(31)17(3)34-18-9-10-23-22(15-18)20-11-13-28-24-19-7-4-5-8-21(19)27(32)30(23)25(20)24/h16-25,28H,4-15H2,1-3H3,(H,29,31)/p+1. The Morgan fingerprint density at radius 1 is 1.09 bits per heavy atom. The summed E-state index contributed by atoms with van der Waals surface area (Å²) >= 11 is 0. The summed E-state index contributed by atoms with van der Waals surface area (Å²) in [6.45, 7) is 8.41. The van der Waals surface area contributed by atoms with Gasteiger partial charge in [-0.2, -0.15) is 0 Å². The van der Waals surface area contributed by atoms with Crippen molar-refractivity contribution < 1.29 is 24.4 Å². The summed E-state index contributed by atoms with van der Waals surface area (Å²) in [4.78, 5) is 28.6. The van der Waals surface area contributed by atoms with Crippen molar-refractivity contribution in [3.8, 4) is 0 Å². The molecule has 7 heteroatoms. The molecule has 0 aromatic heterocycles. The van der Waals surface area contributed by atoms with E-state index in [2.05, 4.69) is 15.5 Å².